The van der Waals surface area contributed by atoms with Crippen molar-refractivity contribution in [2.45, 2.75) is 316 Å². The summed E-state index contributed by atoms with van der Waals surface area (Å²) in [6.07, 6.45) is 35.3. The highest BCUT2D eigenvalue weighted by molar-refractivity contribution is 6.40. The van der Waals surface area contributed by atoms with E-state index in [0.29, 0.717) is 46.5 Å². The molecule has 20 atom stereocenters. The van der Waals surface area contributed by atoms with E-state index in [9.17, 15) is 44.6 Å². The molecule has 9 saturated carbocycles. The first-order valence-corrected chi connectivity index (χ1v) is 43.5. The third-order valence-electron chi connectivity index (χ3n) is 36.5. The molecule has 7 N–H and O–H groups in total. The first-order chi connectivity index (χ1) is 51.5. The number of ether oxygens (including phenoxy) is 3. The lowest BCUT2D eigenvalue weighted by Gasteiger charge is -2.72. The normalized spacial score (nSPS) is 42.7. The van der Waals surface area contributed by atoms with Crippen molar-refractivity contribution in [3.63, 3.8) is 0 Å². The minimum absolute atomic E-state index is 0. The summed E-state index contributed by atoms with van der Waals surface area (Å²) in [5, 5.41) is 41.0. The zero-order valence-corrected chi connectivity index (χ0v) is 73.1. The molecule has 2 aromatic carbocycles. The number of fused-ring (bicyclic) bond motifs is 21. The fraction of sp³-hybridized carbons (Fsp3) is 0.726. The molecule has 3 radical (unpaired) electrons. The first kappa shape index (κ1) is 87.3. The van der Waals surface area contributed by atoms with E-state index in [1.165, 1.54) is 81.1 Å². The van der Waals surface area contributed by atoms with Crippen LogP contribution in [0.5, 0.6) is 23.0 Å². The van der Waals surface area contributed by atoms with E-state index < -0.39 is 22.8 Å². The highest BCUT2D eigenvalue weighted by Crippen LogP contribution is 2.80. The van der Waals surface area contributed by atoms with Gasteiger partial charge in [-0.05, 0) is 347 Å². The van der Waals surface area contributed by atoms with E-state index >= 15 is 0 Å². The predicted molar refractivity (Wildman–Crippen MR) is 446 cm³/mol. The van der Waals surface area contributed by atoms with Gasteiger partial charge < -0.3 is 41.0 Å². The van der Waals surface area contributed by atoms with Gasteiger partial charge in [-0.15, -0.1) is 23.2 Å². The number of carbonyl (C=O) groups excluding carboxylic acids is 5. The van der Waals surface area contributed by atoms with Gasteiger partial charge in [0.25, 0.3) is 0 Å². The zero-order valence-electron chi connectivity index (χ0n) is 71.6. The van der Waals surface area contributed by atoms with Crippen LogP contribution in [0.25, 0.3) is 0 Å². The molecule has 2 unspecified atom stereocenters. The van der Waals surface area contributed by atoms with Gasteiger partial charge in [-0.25, -0.2) is 0 Å². The molecule has 0 spiro atoms. The fourth-order valence-corrected chi connectivity index (χ4v) is 28.4. The molecule has 14 nitrogen and oxygen atoms in total. The van der Waals surface area contributed by atoms with Crippen molar-refractivity contribution in [2.24, 2.45) is 111 Å². The van der Waals surface area contributed by atoms with Crippen LogP contribution in [0.4, 0.5) is 0 Å². The van der Waals surface area contributed by atoms with Crippen LogP contribution in [0.3, 0.4) is 0 Å². The standard InChI is InChI=1S/C33H45NO4.C29H41NO3.C28H39NO3.C4H8O.CH2Cl2.B/c1-20-23-9-10-26-31(6,24(23)17-25(37-21(2)35)28(20)38-22(3)36)14-16-33(8)27-18-29(4,19-34)11-12-30(27,5)13-15-32(26,33)7;1-17-18-7-8-21-27(4,19(18)15-20(31)23(17)32)12-14-29(6)22-16-26(3,24(30)33)10-9-25(22,2)11-13-28(21,29)5;1-24-8-9-25(2,23(29)32)16-22(24)28(5)13-11-26(3)18-15-20(31)19(30)14-17(18)6-7-21(26)27(28,4)12-10-24;1-2-4-5-3-1;2-1-3;/h17,26-27H,9-16,18H2,1-8H3;7,15,21-22,32H,8-14,16H2,1-6H3,(H2,30,33);7,14-15,22,30-31H,6,8-13,16H2,1-5H3,(H2,29,32);1-4H2;1H2;/t26?,27-,29-,30-,31+,32-,33+;21?,22-,25-,26-,27+,28-,29+;22-,24-,25-,26+,27-,28+;;;/m111.../s1. The third kappa shape index (κ3) is 13.4. The smallest absolute Gasteiger partial charge is 0.308 e. The van der Waals surface area contributed by atoms with Crippen molar-refractivity contribution >= 4 is 61.2 Å². The van der Waals surface area contributed by atoms with Gasteiger partial charge in [0.05, 0.1) is 16.8 Å². The monoisotopic (exact) mass is 1570 g/mol. The van der Waals surface area contributed by atoms with Crippen molar-refractivity contribution in [1.29, 1.82) is 5.26 Å². The lowest BCUT2D eigenvalue weighted by molar-refractivity contribution is -0.214. The second kappa shape index (κ2) is 29.8. The minimum atomic E-state index is -0.414. The molecule has 2 aromatic rings. The van der Waals surface area contributed by atoms with Gasteiger partial charge >= 0.3 is 11.9 Å². The summed E-state index contributed by atoms with van der Waals surface area (Å²) in [7, 11) is 0. The van der Waals surface area contributed by atoms with Gasteiger partial charge in [-0.1, -0.05) is 115 Å². The topological polar surface area (TPSA) is 250 Å². The molecule has 613 valence electrons. The maximum atomic E-state index is 12.6. The number of aliphatic hydroxyl groups excluding tert-OH is 1. The lowest BCUT2D eigenvalue weighted by atomic mass is 9.32. The number of aromatic hydroxyl groups is 2. The van der Waals surface area contributed by atoms with Crippen LogP contribution in [-0.4, -0.2) is 71.8 Å². The van der Waals surface area contributed by atoms with Crippen molar-refractivity contribution in [2.75, 3.05) is 18.6 Å². The first-order valence-electron chi connectivity index (χ1n) is 42.4. The largest absolute Gasteiger partial charge is 0.504 e. The van der Waals surface area contributed by atoms with Crippen LogP contribution in [0.1, 0.15) is 313 Å². The highest BCUT2D eigenvalue weighted by atomic mass is 35.5. The number of nitrogens with two attached hydrogens (primary N) is 2. The Morgan fingerprint density at radius 3 is 1.57 bits per heavy atom. The van der Waals surface area contributed by atoms with Crippen molar-refractivity contribution < 1.29 is 53.5 Å². The van der Waals surface area contributed by atoms with Crippen LogP contribution in [0.2, 0.25) is 0 Å². The van der Waals surface area contributed by atoms with Gasteiger partial charge in [0, 0.05) is 57.3 Å². The molecule has 1 aliphatic heterocycles. The van der Waals surface area contributed by atoms with E-state index in [1.807, 2.05) is 19.9 Å². The van der Waals surface area contributed by atoms with Crippen molar-refractivity contribution in [3.05, 3.63) is 92.3 Å². The number of halogens is 2. The van der Waals surface area contributed by atoms with E-state index in [0.717, 1.165) is 169 Å². The summed E-state index contributed by atoms with van der Waals surface area (Å²) in [6, 6.07) is 8.27. The van der Waals surface area contributed by atoms with E-state index in [4.69, 9.17) is 48.9 Å². The summed E-state index contributed by atoms with van der Waals surface area (Å²) in [5.74, 6) is 1.63. The maximum absolute atomic E-state index is 12.6. The molecule has 10 fully saturated rings. The number of allylic oxidation sites excluding steroid dienone is 7. The Hall–Kier alpha value is -5.56. The zero-order chi connectivity index (χ0) is 81.6. The number of aliphatic hydroxyl groups is 1. The summed E-state index contributed by atoms with van der Waals surface area (Å²) >= 11 is 9.53. The van der Waals surface area contributed by atoms with Crippen LogP contribution in [-0.2, 0) is 52.4 Å². The summed E-state index contributed by atoms with van der Waals surface area (Å²) < 4.78 is 16.2. The Balaban J connectivity index is 0.000000158. The number of carbonyl (C=O) groups is 5. The fourth-order valence-electron chi connectivity index (χ4n) is 28.4. The quantitative estimate of drug-likeness (QED) is 0.0479. The van der Waals surface area contributed by atoms with Crippen molar-refractivity contribution in [1.82, 2.24) is 0 Å². The van der Waals surface area contributed by atoms with E-state index in [2.05, 4.69) is 122 Å². The minimum Gasteiger partial charge on any atom is -0.504 e. The number of primary amides is 2. The summed E-state index contributed by atoms with van der Waals surface area (Å²) in [5.41, 5.74) is 22.2. The second-order valence-electron chi connectivity index (χ2n) is 42.0. The molecule has 13 aliphatic carbocycles. The molecule has 2 amide bonds. The van der Waals surface area contributed by atoms with Gasteiger partial charge in [0.2, 0.25) is 17.6 Å². The van der Waals surface area contributed by atoms with Crippen LogP contribution < -0.4 is 20.9 Å². The number of hydrogen-bond donors (Lipinski definition) is 5. The number of ketones is 1. The predicted octanol–water partition coefficient (Wildman–Crippen LogP) is 21.4. The number of phenolic OH excluding ortho intramolecular Hbond substituents is 2. The molecular weight excluding hydrogens is 1440 g/mol. The second-order valence-corrected chi connectivity index (χ2v) is 42.8. The average Bonchev–Trinajstić information content (AvgIpc) is 0.735. The number of phenols is 2. The summed E-state index contributed by atoms with van der Waals surface area (Å²) in [4.78, 5) is 61.5. The number of amides is 2. The molecule has 1 saturated heterocycles. The number of benzene rings is 2. The highest BCUT2D eigenvalue weighted by Gasteiger charge is 2.72. The lowest BCUT2D eigenvalue weighted by Crippen LogP contribution is -2.65. The Morgan fingerprint density at radius 2 is 1.04 bits per heavy atom. The molecular formula is C95H135BCl2N3O11. The molecule has 0 aromatic heterocycles. The number of nitrogens with zero attached hydrogens (tertiary/aromatic N) is 1. The molecule has 14 aliphatic rings. The Kier molecular flexibility index (Phi) is 23.2. The van der Waals surface area contributed by atoms with E-state index in [1.54, 1.807) is 18.2 Å². The number of alkyl halides is 2. The van der Waals surface area contributed by atoms with Gasteiger partial charge in [0.1, 0.15) is 0 Å². The molecule has 16 rings (SSSR count). The van der Waals surface area contributed by atoms with E-state index in [-0.39, 0.29) is 114 Å². The molecule has 0 bridgehead atoms. The average molecular weight is 1580 g/mol. The third-order valence-corrected chi connectivity index (χ3v) is 36.5. The van der Waals surface area contributed by atoms with Gasteiger partial charge in [-0.3, -0.25) is 24.0 Å². The van der Waals surface area contributed by atoms with Crippen LogP contribution in [0, 0.1) is 118 Å². The Bertz CT molecular complexity index is 4300. The summed E-state index contributed by atoms with van der Waals surface area (Å²) in [6.45, 7) is 44.7. The van der Waals surface area contributed by atoms with Gasteiger partial charge in [0.15, 0.2) is 28.8 Å². The Morgan fingerprint density at radius 1 is 0.571 bits per heavy atom. The Labute approximate surface area is 682 Å². The molecule has 17 heteroatoms. The number of rotatable bonds is 4. The number of hydrogen-bond acceptors (Lipinski definition) is 12. The van der Waals surface area contributed by atoms with Gasteiger partial charge in [-0.2, -0.15) is 5.26 Å². The molecule has 1 heterocycles. The SMILES string of the molecule is C1CCOC1.CC(=O)Oc1cc2c(c(C)c1OC(C)=O)CCC1[C@@]2(C)CC[C@@]2(C)[C@@H]3C[C@](C)(C#N)CC[C@]3(C)CC[C@]12C.CC1=C(O)C(=O)C=C2C1=CCC1[C@@]2(C)CC[C@@]2(C)[C@@H]3C[C@](C)(C(N)=O)CC[C@]3(C)CC[C@]12C.C[C@@]1(C(N)=O)CC[C@]2(C)CC[C@]3(C)C4=CCc5cc(O)c(O)cc5[C@]4(C)CC[C@@]3(C)[C@@H]2C1.ClCCl.[B]. The maximum Gasteiger partial charge on any atom is 0.308 e. The molecule has 112 heavy (non-hydrogen) atoms. The number of esters is 2. The van der Waals surface area contributed by atoms with Crippen LogP contribution >= 0.6 is 23.2 Å². The number of nitriles is 1. The van der Waals surface area contributed by atoms with Crippen LogP contribution in [0.15, 0.2) is 64.5 Å². The van der Waals surface area contributed by atoms with Crippen molar-refractivity contribution in [3.8, 4) is 29.1 Å².